The zero-order chi connectivity index (χ0) is 16.7. The van der Waals surface area contributed by atoms with Crippen LogP contribution in [0.3, 0.4) is 0 Å². The van der Waals surface area contributed by atoms with Gasteiger partial charge in [-0.05, 0) is 25.0 Å². The van der Waals surface area contributed by atoms with Crippen LogP contribution in [0.5, 0.6) is 5.75 Å². The van der Waals surface area contributed by atoms with Crippen molar-refractivity contribution in [3.63, 3.8) is 0 Å². The summed E-state index contributed by atoms with van der Waals surface area (Å²) in [5.41, 5.74) is 1.47. The van der Waals surface area contributed by atoms with E-state index in [-0.39, 0.29) is 18.2 Å². The highest BCUT2D eigenvalue weighted by molar-refractivity contribution is 6.31. The number of halogens is 1. The zero-order valence-corrected chi connectivity index (χ0v) is 14.3. The van der Waals surface area contributed by atoms with Crippen LogP contribution >= 0.6 is 11.6 Å². The van der Waals surface area contributed by atoms with Crippen molar-refractivity contribution in [3.05, 3.63) is 22.7 Å². The molecule has 122 valence electrons. The highest BCUT2D eigenvalue weighted by Crippen LogP contribution is 2.34. The maximum absolute atomic E-state index is 11.9. The molecule has 1 N–H and O–H groups in total. The molecule has 22 heavy (non-hydrogen) atoms. The van der Waals surface area contributed by atoms with Crippen molar-refractivity contribution in [2.45, 2.75) is 33.6 Å². The average Bonchev–Trinajstić information content (AvgIpc) is 2.48. The Balaban J connectivity index is 2.94. The largest absolute Gasteiger partial charge is 0.495 e. The van der Waals surface area contributed by atoms with Gasteiger partial charge in [0.05, 0.1) is 12.8 Å². The molecular weight excluding hydrogens is 304 g/mol. The second-order valence-corrected chi connectivity index (χ2v) is 5.45. The Labute approximate surface area is 136 Å². The molecule has 0 bridgehead atoms. The van der Waals surface area contributed by atoms with Gasteiger partial charge in [-0.1, -0.05) is 18.5 Å². The SMILES string of the molecule is CCCNC(=O)CCN(C(C)=O)c1cc(C)c(Cl)cc1OC. The molecule has 0 aromatic heterocycles. The number of hydrogen-bond donors (Lipinski definition) is 1. The van der Waals surface area contributed by atoms with Crippen molar-refractivity contribution in [3.8, 4) is 5.75 Å². The van der Waals surface area contributed by atoms with Crippen LogP contribution in [0.2, 0.25) is 5.02 Å². The Bertz CT molecular complexity index is 546. The van der Waals surface area contributed by atoms with E-state index in [0.717, 1.165) is 12.0 Å². The van der Waals surface area contributed by atoms with Gasteiger partial charge in [-0.3, -0.25) is 9.59 Å². The molecule has 0 saturated heterocycles. The molecule has 0 fully saturated rings. The quantitative estimate of drug-likeness (QED) is 0.838. The molecule has 1 aromatic carbocycles. The number of carbonyl (C=O) groups excluding carboxylic acids is 2. The molecule has 0 spiro atoms. The van der Waals surface area contributed by atoms with Crippen LogP contribution in [0.4, 0.5) is 5.69 Å². The molecule has 6 heteroatoms. The topological polar surface area (TPSA) is 58.6 Å². The van der Waals surface area contributed by atoms with Gasteiger partial charge in [0.1, 0.15) is 5.75 Å². The van der Waals surface area contributed by atoms with E-state index >= 15 is 0 Å². The molecule has 0 aliphatic heterocycles. The second-order valence-electron chi connectivity index (χ2n) is 5.04. The van der Waals surface area contributed by atoms with E-state index in [1.54, 1.807) is 12.1 Å². The van der Waals surface area contributed by atoms with Gasteiger partial charge in [0.15, 0.2) is 0 Å². The minimum Gasteiger partial charge on any atom is -0.495 e. The van der Waals surface area contributed by atoms with E-state index < -0.39 is 0 Å². The number of ether oxygens (including phenoxy) is 1. The Morgan fingerprint density at radius 2 is 2.05 bits per heavy atom. The fourth-order valence-electron chi connectivity index (χ4n) is 2.04. The summed E-state index contributed by atoms with van der Waals surface area (Å²) in [5, 5.41) is 3.37. The van der Waals surface area contributed by atoms with Crippen molar-refractivity contribution < 1.29 is 14.3 Å². The number of aryl methyl sites for hydroxylation is 1. The van der Waals surface area contributed by atoms with Crippen LogP contribution in [-0.2, 0) is 9.59 Å². The Morgan fingerprint density at radius 3 is 2.59 bits per heavy atom. The maximum Gasteiger partial charge on any atom is 0.223 e. The number of nitrogens with zero attached hydrogens (tertiary/aromatic N) is 1. The summed E-state index contributed by atoms with van der Waals surface area (Å²) in [7, 11) is 1.52. The lowest BCUT2D eigenvalue weighted by atomic mass is 10.1. The summed E-state index contributed by atoms with van der Waals surface area (Å²) in [6.45, 7) is 6.25. The molecule has 1 aromatic rings. The summed E-state index contributed by atoms with van der Waals surface area (Å²) in [5.74, 6) is 0.292. The third-order valence-electron chi connectivity index (χ3n) is 3.27. The molecule has 0 aliphatic rings. The molecule has 1 rings (SSSR count). The fourth-order valence-corrected chi connectivity index (χ4v) is 2.19. The zero-order valence-electron chi connectivity index (χ0n) is 13.5. The molecule has 0 heterocycles. The summed E-state index contributed by atoms with van der Waals surface area (Å²) >= 11 is 6.09. The minimum absolute atomic E-state index is 0.0715. The third-order valence-corrected chi connectivity index (χ3v) is 3.67. The van der Waals surface area contributed by atoms with Gasteiger partial charge in [0, 0.05) is 37.5 Å². The lowest BCUT2D eigenvalue weighted by Crippen LogP contribution is -2.34. The monoisotopic (exact) mass is 326 g/mol. The Kier molecular flexibility index (Phi) is 7.18. The highest BCUT2D eigenvalue weighted by atomic mass is 35.5. The second kappa shape index (κ2) is 8.63. The number of benzene rings is 1. The number of rotatable bonds is 7. The van der Waals surface area contributed by atoms with Gasteiger partial charge >= 0.3 is 0 Å². The number of hydrogen-bond acceptors (Lipinski definition) is 3. The number of anilines is 1. The maximum atomic E-state index is 11.9. The van der Waals surface area contributed by atoms with Crippen molar-refractivity contribution in [1.29, 1.82) is 0 Å². The van der Waals surface area contributed by atoms with Gasteiger partial charge < -0.3 is 15.0 Å². The summed E-state index contributed by atoms with van der Waals surface area (Å²) in [4.78, 5) is 25.2. The molecule has 0 aliphatic carbocycles. The predicted octanol–water partition coefficient (Wildman–Crippen LogP) is 2.93. The van der Waals surface area contributed by atoms with E-state index in [9.17, 15) is 9.59 Å². The van der Waals surface area contributed by atoms with Gasteiger partial charge in [0.25, 0.3) is 0 Å². The first-order valence-corrected chi connectivity index (χ1v) is 7.67. The standard InChI is InChI=1S/C16H23ClN2O3/c1-5-7-18-16(21)6-8-19(12(3)20)14-9-11(2)13(17)10-15(14)22-4/h9-10H,5-8H2,1-4H3,(H,18,21). The first-order chi connectivity index (χ1) is 10.4. The van der Waals surface area contributed by atoms with E-state index in [4.69, 9.17) is 16.3 Å². The van der Waals surface area contributed by atoms with Gasteiger partial charge in [0.2, 0.25) is 11.8 Å². The molecule has 0 atom stereocenters. The number of nitrogens with one attached hydrogen (secondary N) is 1. The number of amides is 2. The lowest BCUT2D eigenvalue weighted by molar-refractivity contribution is -0.121. The average molecular weight is 327 g/mol. The summed E-state index contributed by atoms with van der Waals surface area (Å²) in [6, 6.07) is 3.48. The first kappa shape index (κ1) is 18.3. The van der Waals surface area contributed by atoms with Crippen LogP contribution in [0.25, 0.3) is 0 Å². The Morgan fingerprint density at radius 1 is 1.36 bits per heavy atom. The summed E-state index contributed by atoms with van der Waals surface area (Å²) < 4.78 is 5.31. The predicted molar refractivity (Wildman–Crippen MR) is 88.7 cm³/mol. The number of methoxy groups -OCH3 is 1. The van der Waals surface area contributed by atoms with Crippen molar-refractivity contribution in [2.24, 2.45) is 0 Å². The van der Waals surface area contributed by atoms with Crippen LogP contribution in [0, 0.1) is 6.92 Å². The molecule has 2 amide bonds. The van der Waals surface area contributed by atoms with Crippen molar-refractivity contribution in [1.82, 2.24) is 5.32 Å². The molecule has 5 nitrogen and oxygen atoms in total. The van der Waals surface area contributed by atoms with Gasteiger partial charge in [-0.25, -0.2) is 0 Å². The first-order valence-electron chi connectivity index (χ1n) is 7.29. The van der Waals surface area contributed by atoms with Gasteiger partial charge in [-0.15, -0.1) is 0 Å². The van der Waals surface area contributed by atoms with E-state index in [1.165, 1.54) is 18.9 Å². The van der Waals surface area contributed by atoms with Crippen LogP contribution < -0.4 is 15.0 Å². The third kappa shape index (κ3) is 4.91. The summed E-state index contributed by atoms with van der Waals surface area (Å²) in [6.07, 6.45) is 1.12. The van der Waals surface area contributed by atoms with Crippen LogP contribution in [0.1, 0.15) is 32.3 Å². The number of carbonyl (C=O) groups is 2. The van der Waals surface area contributed by atoms with E-state index in [1.807, 2.05) is 13.8 Å². The smallest absolute Gasteiger partial charge is 0.223 e. The minimum atomic E-state index is -0.150. The molecule has 0 radical (unpaired) electrons. The molecule has 0 saturated carbocycles. The normalized spacial score (nSPS) is 10.2. The lowest BCUT2D eigenvalue weighted by Gasteiger charge is -2.24. The Hall–Kier alpha value is -1.75. The molecular formula is C16H23ClN2O3. The van der Waals surface area contributed by atoms with Crippen molar-refractivity contribution in [2.75, 3.05) is 25.1 Å². The molecule has 0 unspecified atom stereocenters. The fraction of sp³-hybridized carbons (Fsp3) is 0.500. The van der Waals surface area contributed by atoms with Gasteiger partial charge in [-0.2, -0.15) is 0 Å². The van der Waals surface area contributed by atoms with Crippen molar-refractivity contribution >= 4 is 29.1 Å². The van der Waals surface area contributed by atoms with Crippen LogP contribution in [0.15, 0.2) is 12.1 Å². The van der Waals surface area contributed by atoms with Crippen LogP contribution in [-0.4, -0.2) is 32.0 Å². The highest BCUT2D eigenvalue weighted by Gasteiger charge is 2.18. The van der Waals surface area contributed by atoms with E-state index in [2.05, 4.69) is 5.32 Å². The van der Waals surface area contributed by atoms with E-state index in [0.29, 0.717) is 29.5 Å².